The van der Waals surface area contributed by atoms with E-state index in [0.717, 1.165) is 5.56 Å². The van der Waals surface area contributed by atoms with Crippen molar-refractivity contribution < 1.29 is 13.9 Å². The summed E-state index contributed by atoms with van der Waals surface area (Å²) in [5, 5.41) is 2.79. The van der Waals surface area contributed by atoms with Crippen molar-refractivity contribution in [3.63, 3.8) is 0 Å². The number of nitrogens with one attached hydrogen (secondary N) is 1. The Labute approximate surface area is 125 Å². The zero-order chi connectivity index (χ0) is 16.0. The van der Waals surface area contributed by atoms with E-state index in [9.17, 15) is 9.18 Å². The number of amides is 1. The SMILES string of the molecule is CC(C)CNC(=O)C(C)Oc1cc(F)cc(CC(C)N)c1. The molecule has 4 nitrogen and oxygen atoms in total. The van der Waals surface area contributed by atoms with Crippen molar-refractivity contribution in [2.45, 2.75) is 46.3 Å². The second-order valence-corrected chi connectivity index (χ2v) is 5.88. The van der Waals surface area contributed by atoms with Gasteiger partial charge in [-0.05, 0) is 43.9 Å². The van der Waals surface area contributed by atoms with Gasteiger partial charge in [-0.2, -0.15) is 0 Å². The van der Waals surface area contributed by atoms with E-state index in [-0.39, 0.29) is 11.9 Å². The number of benzene rings is 1. The number of carbonyl (C=O) groups excluding carboxylic acids is 1. The molecule has 1 amide bonds. The summed E-state index contributed by atoms with van der Waals surface area (Å²) in [6, 6.07) is 4.36. The highest BCUT2D eigenvalue weighted by Crippen LogP contribution is 2.19. The molecular weight excluding hydrogens is 271 g/mol. The van der Waals surface area contributed by atoms with Gasteiger partial charge in [0.2, 0.25) is 0 Å². The van der Waals surface area contributed by atoms with E-state index in [1.807, 2.05) is 20.8 Å². The van der Waals surface area contributed by atoms with Crippen molar-refractivity contribution in [3.05, 3.63) is 29.6 Å². The van der Waals surface area contributed by atoms with Crippen LogP contribution in [0.3, 0.4) is 0 Å². The fraction of sp³-hybridized carbons (Fsp3) is 0.562. The third kappa shape index (κ3) is 6.58. The molecule has 0 spiro atoms. The van der Waals surface area contributed by atoms with Gasteiger partial charge < -0.3 is 15.8 Å². The quantitative estimate of drug-likeness (QED) is 0.811. The summed E-state index contributed by atoms with van der Waals surface area (Å²) >= 11 is 0. The molecule has 0 saturated heterocycles. The summed E-state index contributed by atoms with van der Waals surface area (Å²) < 4.78 is 19.1. The summed E-state index contributed by atoms with van der Waals surface area (Å²) in [6.45, 7) is 8.11. The molecule has 2 unspecified atom stereocenters. The van der Waals surface area contributed by atoms with Crippen LogP contribution in [0.1, 0.15) is 33.3 Å². The van der Waals surface area contributed by atoms with E-state index < -0.39 is 11.9 Å². The minimum atomic E-state index is -0.673. The standard InChI is InChI=1S/C16H25FN2O2/c1-10(2)9-19-16(20)12(4)21-15-7-13(5-11(3)18)6-14(17)8-15/h6-8,10-12H,5,9,18H2,1-4H3,(H,19,20). The Morgan fingerprint density at radius 2 is 1.95 bits per heavy atom. The Bertz CT molecular complexity index is 475. The highest BCUT2D eigenvalue weighted by molar-refractivity contribution is 5.80. The monoisotopic (exact) mass is 296 g/mol. The normalized spacial score (nSPS) is 13.9. The maximum atomic E-state index is 13.6. The van der Waals surface area contributed by atoms with Crippen LogP contribution >= 0.6 is 0 Å². The molecule has 2 atom stereocenters. The number of rotatable bonds is 7. The lowest BCUT2D eigenvalue weighted by atomic mass is 10.1. The number of nitrogens with two attached hydrogens (primary N) is 1. The molecule has 3 N–H and O–H groups in total. The number of hydrogen-bond acceptors (Lipinski definition) is 3. The van der Waals surface area contributed by atoms with Gasteiger partial charge in [-0.1, -0.05) is 13.8 Å². The lowest BCUT2D eigenvalue weighted by Gasteiger charge is -2.16. The van der Waals surface area contributed by atoms with Gasteiger partial charge in [-0.15, -0.1) is 0 Å². The lowest BCUT2D eigenvalue weighted by molar-refractivity contribution is -0.127. The maximum absolute atomic E-state index is 13.6. The van der Waals surface area contributed by atoms with Gasteiger partial charge >= 0.3 is 0 Å². The summed E-state index contributed by atoms with van der Waals surface area (Å²) in [5.74, 6) is 0.116. The van der Waals surface area contributed by atoms with Crippen LogP contribution in [0.2, 0.25) is 0 Å². The second-order valence-electron chi connectivity index (χ2n) is 5.88. The van der Waals surface area contributed by atoms with E-state index >= 15 is 0 Å². The highest BCUT2D eigenvalue weighted by Gasteiger charge is 2.15. The van der Waals surface area contributed by atoms with Crippen LogP contribution in [0.4, 0.5) is 4.39 Å². The maximum Gasteiger partial charge on any atom is 0.260 e. The van der Waals surface area contributed by atoms with Gasteiger partial charge in [0.15, 0.2) is 6.10 Å². The van der Waals surface area contributed by atoms with Crippen LogP contribution in [-0.4, -0.2) is 24.6 Å². The molecule has 0 bridgehead atoms. The topological polar surface area (TPSA) is 64.3 Å². The highest BCUT2D eigenvalue weighted by atomic mass is 19.1. The van der Waals surface area contributed by atoms with Crippen LogP contribution in [-0.2, 0) is 11.2 Å². The Morgan fingerprint density at radius 3 is 2.52 bits per heavy atom. The summed E-state index contributed by atoms with van der Waals surface area (Å²) in [7, 11) is 0. The van der Waals surface area contributed by atoms with E-state index in [1.54, 1.807) is 13.0 Å². The molecule has 0 aliphatic carbocycles. The molecule has 1 aromatic rings. The Kier molecular flexibility index (Phi) is 6.62. The largest absolute Gasteiger partial charge is 0.481 e. The zero-order valence-corrected chi connectivity index (χ0v) is 13.2. The van der Waals surface area contributed by atoms with Gasteiger partial charge in [0.25, 0.3) is 5.91 Å². The lowest BCUT2D eigenvalue weighted by Crippen LogP contribution is -2.38. The van der Waals surface area contributed by atoms with Crippen molar-refractivity contribution in [3.8, 4) is 5.75 Å². The Balaban J connectivity index is 2.68. The average Bonchev–Trinajstić information content (AvgIpc) is 2.33. The predicted octanol–water partition coefficient (Wildman–Crippen LogP) is 2.25. The Morgan fingerprint density at radius 1 is 1.29 bits per heavy atom. The van der Waals surface area contributed by atoms with Gasteiger partial charge in [0.05, 0.1) is 0 Å². The Hall–Kier alpha value is -1.62. The van der Waals surface area contributed by atoms with Gasteiger partial charge in [-0.3, -0.25) is 4.79 Å². The molecule has 21 heavy (non-hydrogen) atoms. The fourth-order valence-electron chi connectivity index (χ4n) is 1.88. The molecule has 0 aliphatic heterocycles. The van der Waals surface area contributed by atoms with Crippen LogP contribution in [0.5, 0.6) is 5.75 Å². The first-order valence-electron chi connectivity index (χ1n) is 7.27. The fourth-order valence-corrected chi connectivity index (χ4v) is 1.88. The van der Waals surface area contributed by atoms with Gasteiger partial charge in [-0.25, -0.2) is 4.39 Å². The third-order valence-corrected chi connectivity index (χ3v) is 2.86. The van der Waals surface area contributed by atoms with E-state index in [2.05, 4.69) is 5.32 Å². The van der Waals surface area contributed by atoms with Crippen LogP contribution in [0.15, 0.2) is 18.2 Å². The first-order chi connectivity index (χ1) is 9.77. The number of ether oxygens (including phenoxy) is 1. The van der Waals surface area contributed by atoms with Crippen LogP contribution in [0, 0.1) is 11.7 Å². The van der Waals surface area contributed by atoms with Crippen LogP contribution in [0.25, 0.3) is 0 Å². The number of halogens is 1. The summed E-state index contributed by atoms with van der Waals surface area (Å²) in [6.07, 6.45) is -0.115. The van der Waals surface area contributed by atoms with Crippen molar-refractivity contribution in [1.29, 1.82) is 0 Å². The smallest absolute Gasteiger partial charge is 0.260 e. The second kappa shape index (κ2) is 7.98. The van der Waals surface area contributed by atoms with Gasteiger partial charge in [0.1, 0.15) is 11.6 Å². The van der Waals surface area contributed by atoms with E-state index in [4.69, 9.17) is 10.5 Å². The minimum absolute atomic E-state index is 0.0635. The van der Waals surface area contributed by atoms with E-state index in [1.165, 1.54) is 12.1 Å². The van der Waals surface area contributed by atoms with Crippen molar-refractivity contribution >= 4 is 5.91 Å². The molecule has 118 valence electrons. The predicted molar refractivity (Wildman–Crippen MR) is 81.7 cm³/mol. The first-order valence-corrected chi connectivity index (χ1v) is 7.27. The molecule has 0 radical (unpaired) electrons. The molecule has 1 rings (SSSR count). The molecular formula is C16H25FN2O2. The average molecular weight is 296 g/mol. The van der Waals surface area contributed by atoms with Crippen molar-refractivity contribution in [2.24, 2.45) is 11.7 Å². The zero-order valence-electron chi connectivity index (χ0n) is 13.2. The number of hydrogen-bond donors (Lipinski definition) is 2. The number of carbonyl (C=O) groups is 1. The molecule has 0 aliphatic rings. The van der Waals surface area contributed by atoms with Gasteiger partial charge in [0, 0.05) is 18.7 Å². The van der Waals surface area contributed by atoms with Crippen molar-refractivity contribution in [2.75, 3.05) is 6.54 Å². The summed E-state index contributed by atoms with van der Waals surface area (Å²) in [5.41, 5.74) is 6.47. The molecule has 0 saturated carbocycles. The molecule has 5 heteroatoms. The van der Waals surface area contributed by atoms with Crippen LogP contribution < -0.4 is 15.8 Å². The molecule has 0 aromatic heterocycles. The van der Waals surface area contributed by atoms with E-state index in [0.29, 0.717) is 24.6 Å². The molecule has 1 aromatic carbocycles. The first kappa shape index (κ1) is 17.4. The minimum Gasteiger partial charge on any atom is -0.481 e. The molecule has 0 fully saturated rings. The van der Waals surface area contributed by atoms with Crippen molar-refractivity contribution in [1.82, 2.24) is 5.32 Å². The third-order valence-electron chi connectivity index (χ3n) is 2.86. The summed E-state index contributed by atoms with van der Waals surface area (Å²) in [4.78, 5) is 11.8. The molecule has 0 heterocycles.